The fourth-order valence-corrected chi connectivity index (χ4v) is 3.14. The number of benzene rings is 1. The van der Waals surface area contributed by atoms with Crippen LogP contribution in [0.3, 0.4) is 0 Å². The first kappa shape index (κ1) is 18.9. The number of hydrogen-bond donors (Lipinski definition) is 1. The van der Waals surface area contributed by atoms with E-state index in [-0.39, 0.29) is 18.3 Å². The normalized spacial score (nSPS) is 16.3. The number of hydrogen-bond acceptors (Lipinski definition) is 4. The van der Waals surface area contributed by atoms with Crippen LogP contribution in [0.25, 0.3) is 0 Å². The smallest absolute Gasteiger partial charge is 0.244 e. The Labute approximate surface area is 145 Å². The van der Waals surface area contributed by atoms with Gasteiger partial charge in [-0.05, 0) is 25.2 Å². The van der Waals surface area contributed by atoms with Gasteiger partial charge in [-0.2, -0.15) is 0 Å². The van der Waals surface area contributed by atoms with E-state index in [0.29, 0.717) is 15.8 Å². The third kappa shape index (κ3) is 6.22. The topological polar surface area (TPSA) is 35.6 Å². The average Bonchev–Trinajstić information content (AvgIpc) is 2.42. The number of nitrogens with zero attached hydrogens (tertiary/aromatic N) is 2. The molecule has 1 fully saturated rings. The van der Waals surface area contributed by atoms with Crippen molar-refractivity contribution >= 4 is 53.3 Å². The van der Waals surface area contributed by atoms with Crippen molar-refractivity contribution in [3.05, 3.63) is 28.2 Å². The van der Waals surface area contributed by atoms with E-state index in [4.69, 9.17) is 23.2 Å². The van der Waals surface area contributed by atoms with Gasteiger partial charge in [0.15, 0.2) is 0 Å². The van der Waals surface area contributed by atoms with Crippen LogP contribution in [0.15, 0.2) is 23.1 Å². The zero-order chi connectivity index (χ0) is 14.5. The van der Waals surface area contributed by atoms with Gasteiger partial charge in [-0.3, -0.25) is 10.2 Å². The molecule has 1 aromatic rings. The van der Waals surface area contributed by atoms with Crippen LogP contribution in [0, 0.1) is 0 Å². The molecule has 118 valence electrons. The summed E-state index contributed by atoms with van der Waals surface area (Å²) in [6.07, 6.45) is 0. The highest BCUT2D eigenvalue weighted by atomic mass is 35.5. The van der Waals surface area contributed by atoms with Crippen molar-refractivity contribution < 1.29 is 4.79 Å². The van der Waals surface area contributed by atoms with Crippen molar-refractivity contribution in [1.29, 1.82) is 0 Å². The van der Waals surface area contributed by atoms with Gasteiger partial charge < -0.3 is 4.90 Å². The van der Waals surface area contributed by atoms with Gasteiger partial charge in [-0.15, -0.1) is 24.2 Å². The lowest BCUT2D eigenvalue weighted by molar-refractivity contribution is -0.124. The van der Waals surface area contributed by atoms with E-state index in [1.807, 2.05) is 5.01 Å². The van der Waals surface area contributed by atoms with E-state index >= 15 is 0 Å². The van der Waals surface area contributed by atoms with E-state index in [0.717, 1.165) is 31.1 Å². The number of hydrazine groups is 1. The summed E-state index contributed by atoms with van der Waals surface area (Å²) < 4.78 is 0. The van der Waals surface area contributed by atoms with E-state index in [2.05, 4.69) is 17.4 Å². The quantitative estimate of drug-likeness (QED) is 0.827. The van der Waals surface area contributed by atoms with Crippen LogP contribution in [0.2, 0.25) is 10.0 Å². The molecule has 4 nitrogen and oxygen atoms in total. The van der Waals surface area contributed by atoms with Crippen molar-refractivity contribution in [2.24, 2.45) is 0 Å². The lowest BCUT2D eigenvalue weighted by Crippen LogP contribution is -2.52. The summed E-state index contributed by atoms with van der Waals surface area (Å²) in [6.45, 7) is 3.64. The number of piperazine rings is 1. The van der Waals surface area contributed by atoms with Crippen LogP contribution >= 0.6 is 47.4 Å². The summed E-state index contributed by atoms with van der Waals surface area (Å²) in [7, 11) is 2.08. The third-order valence-electron chi connectivity index (χ3n) is 3.04. The molecule has 0 unspecified atom stereocenters. The monoisotopic (exact) mass is 369 g/mol. The second-order valence-electron chi connectivity index (χ2n) is 4.69. The lowest BCUT2D eigenvalue weighted by Gasteiger charge is -2.32. The molecule has 2 rings (SSSR count). The van der Waals surface area contributed by atoms with Gasteiger partial charge in [0.2, 0.25) is 5.91 Å². The first-order valence-electron chi connectivity index (χ1n) is 6.35. The predicted octanol–water partition coefficient (Wildman–Crippen LogP) is 2.79. The second kappa shape index (κ2) is 9.08. The Morgan fingerprint density at radius 1 is 1.29 bits per heavy atom. The lowest BCUT2D eigenvalue weighted by atomic mass is 10.4. The Kier molecular flexibility index (Phi) is 8.16. The van der Waals surface area contributed by atoms with Crippen LogP contribution < -0.4 is 5.43 Å². The van der Waals surface area contributed by atoms with Crippen molar-refractivity contribution in [3.63, 3.8) is 0 Å². The van der Waals surface area contributed by atoms with Crippen molar-refractivity contribution in [3.8, 4) is 0 Å². The minimum Gasteiger partial charge on any atom is -0.304 e. The van der Waals surface area contributed by atoms with Crippen LogP contribution in [-0.2, 0) is 4.79 Å². The molecule has 0 aromatic heterocycles. The van der Waals surface area contributed by atoms with Crippen LogP contribution in [0.4, 0.5) is 0 Å². The molecular weight excluding hydrogens is 353 g/mol. The first-order chi connectivity index (χ1) is 9.54. The maximum Gasteiger partial charge on any atom is 0.244 e. The SMILES string of the molecule is CN1CCN(NC(=O)CSc2cc(Cl)ccc2Cl)CC1.Cl. The fourth-order valence-electron chi connectivity index (χ4n) is 1.86. The Balaban J connectivity index is 0.00000220. The highest BCUT2D eigenvalue weighted by molar-refractivity contribution is 8.00. The standard InChI is InChI=1S/C13H17Cl2N3OS.ClH/c1-17-4-6-18(7-5-17)16-13(19)9-20-12-8-10(14)2-3-11(12)15;/h2-3,8H,4-7,9H2,1H3,(H,16,19);1H. The number of carbonyl (C=O) groups excluding carboxylic acids is 1. The molecule has 0 radical (unpaired) electrons. The van der Waals surface area contributed by atoms with Crippen LogP contribution in [0.1, 0.15) is 0 Å². The molecule has 1 aromatic carbocycles. The molecule has 1 amide bonds. The van der Waals surface area contributed by atoms with Gasteiger partial charge in [0, 0.05) is 36.1 Å². The second-order valence-corrected chi connectivity index (χ2v) is 6.55. The molecule has 1 aliphatic rings. The fraction of sp³-hybridized carbons (Fsp3) is 0.462. The Morgan fingerprint density at radius 2 is 1.95 bits per heavy atom. The molecule has 1 N–H and O–H groups in total. The highest BCUT2D eigenvalue weighted by Gasteiger charge is 2.16. The minimum atomic E-state index is -0.0180. The van der Waals surface area contributed by atoms with E-state index in [1.54, 1.807) is 18.2 Å². The number of amides is 1. The van der Waals surface area contributed by atoms with E-state index in [9.17, 15) is 4.79 Å². The van der Waals surface area contributed by atoms with Gasteiger partial charge in [0.1, 0.15) is 0 Å². The molecule has 0 saturated carbocycles. The zero-order valence-corrected chi connectivity index (χ0v) is 14.8. The largest absolute Gasteiger partial charge is 0.304 e. The molecular formula is C13H18Cl3N3OS. The zero-order valence-electron chi connectivity index (χ0n) is 11.6. The number of nitrogens with one attached hydrogen (secondary N) is 1. The highest BCUT2D eigenvalue weighted by Crippen LogP contribution is 2.29. The van der Waals surface area contributed by atoms with Crippen LogP contribution in [-0.4, -0.2) is 54.8 Å². The van der Waals surface area contributed by atoms with E-state index in [1.165, 1.54) is 11.8 Å². The van der Waals surface area contributed by atoms with Gasteiger partial charge in [-0.1, -0.05) is 23.2 Å². The summed E-state index contributed by atoms with van der Waals surface area (Å²) in [5.41, 5.74) is 2.91. The maximum atomic E-state index is 11.9. The molecule has 1 aliphatic heterocycles. The number of carbonyl (C=O) groups is 1. The molecule has 0 bridgehead atoms. The summed E-state index contributed by atoms with van der Waals surface area (Å²) in [5.74, 6) is 0.308. The average molecular weight is 371 g/mol. The summed E-state index contributed by atoms with van der Waals surface area (Å²) in [6, 6.07) is 5.25. The Hall–Kier alpha value is -0.170. The van der Waals surface area contributed by atoms with Crippen molar-refractivity contribution in [2.45, 2.75) is 4.90 Å². The summed E-state index contributed by atoms with van der Waals surface area (Å²) >= 11 is 13.4. The third-order valence-corrected chi connectivity index (χ3v) is 4.77. The van der Waals surface area contributed by atoms with Gasteiger partial charge in [-0.25, -0.2) is 5.01 Å². The maximum absolute atomic E-state index is 11.9. The molecule has 1 heterocycles. The van der Waals surface area contributed by atoms with Gasteiger partial charge in [0.25, 0.3) is 0 Å². The minimum absolute atomic E-state index is 0. The number of halogens is 3. The number of rotatable bonds is 4. The van der Waals surface area contributed by atoms with E-state index < -0.39 is 0 Å². The summed E-state index contributed by atoms with van der Waals surface area (Å²) in [4.78, 5) is 15.0. The predicted molar refractivity (Wildman–Crippen MR) is 91.6 cm³/mol. The van der Waals surface area contributed by atoms with Crippen molar-refractivity contribution in [1.82, 2.24) is 15.3 Å². The first-order valence-corrected chi connectivity index (χ1v) is 8.09. The Bertz CT molecular complexity index is 482. The Morgan fingerprint density at radius 3 is 2.62 bits per heavy atom. The molecule has 1 saturated heterocycles. The van der Waals surface area contributed by atoms with Gasteiger partial charge in [0.05, 0.1) is 10.8 Å². The van der Waals surface area contributed by atoms with Gasteiger partial charge >= 0.3 is 0 Å². The number of thioether (sulfide) groups is 1. The summed E-state index contributed by atoms with van der Waals surface area (Å²) in [5, 5.41) is 3.20. The molecule has 0 spiro atoms. The molecule has 0 aliphatic carbocycles. The molecule has 0 atom stereocenters. The molecule has 21 heavy (non-hydrogen) atoms. The van der Waals surface area contributed by atoms with Crippen LogP contribution in [0.5, 0.6) is 0 Å². The molecule has 8 heteroatoms. The number of likely N-dealkylation sites (N-methyl/N-ethyl adjacent to an activating group) is 1. The van der Waals surface area contributed by atoms with Crippen molar-refractivity contribution in [2.75, 3.05) is 39.0 Å².